The molecule has 0 bridgehead atoms. The topological polar surface area (TPSA) is 26.3 Å². The van der Waals surface area contributed by atoms with Gasteiger partial charge in [0.2, 0.25) is 0 Å². The van der Waals surface area contributed by atoms with Crippen molar-refractivity contribution in [2.24, 2.45) is 0 Å². The quantitative estimate of drug-likeness (QED) is 0.772. The van der Waals surface area contributed by atoms with Gasteiger partial charge in [0, 0.05) is 5.92 Å². The Bertz CT molecular complexity index is 684. The van der Waals surface area contributed by atoms with E-state index in [-0.39, 0.29) is 11.9 Å². The lowest BCUT2D eigenvalue weighted by Gasteiger charge is -2.16. The summed E-state index contributed by atoms with van der Waals surface area (Å²) in [6.07, 6.45) is 0. The largest absolute Gasteiger partial charge is 0.466 e. The van der Waals surface area contributed by atoms with E-state index in [1.807, 2.05) is 37.3 Å². The summed E-state index contributed by atoms with van der Waals surface area (Å²) in [7, 11) is 1.44. The summed E-state index contributed by atoms with van der Waals surface area (Å²) in [5, 5.41) is 0. The first-order valence-corrected chi connectivity index (χ1v) is 6.67. The predicted molar refractivity (Wildman–Crippen MR) is 79.3 cm³/mol. The monoisotopic (exact) mass is 264 g/mol. The number of carbonyl (C=O) groups excluding carboxylic acids is 1. The van der Waals surface area contributed by atoms with Gasteiger partial charge >= 0.3 is 5.97 Å². The van der Waals surface area contributed by atoms with E-state index in [9.17, 15) is 4.79 Å². The third kappa shape index (κ3) is 1.85. The molecule has 0 N–H and O–H groups in total. The summed E-state index contributed by atoms with van der Waals surface area (Å²) in [6.45, 7) is 1.99. The number of carbonyl (C=O) groups is 1. The molecular formula is C18H16O2. The van der Waals surface area contributed by atoms with Crippen molar-refractivity contribution in [3.05, 3.63) is 76.9 Å². The van der Waals surface area contributed by atoms with E-state index in [2.05, 4.69) is 24.3 Å². The Morgan fingerprint density at radius 3 is 2.35 bits per heavy atom. The highest BCUT2D eigenvalue weighted by Gasteiger charge is 2.34. The van der Waals surface area contributed by atoms with Gasteiger partial charge in [0.15, 0.2) is 0 Å². The molecule has 2 aromatic carbocycles. The van der Waals surface area contributed by atoms with Gasteiger partial charge in [-0.3, -0.25) is 0 Å². The molecule has 1 aliphatic carbocycles. The molecule has 3 rings (SSSR count). The van der Waals surface area contributed by atoms with Crippen molar-refractivity contribution in [1.82, 2.24) is 0 Å². The Morgan fingerprint density at radius 2 is 1.65 bits per heavy atom. The molecule has 0 saturated heterocycles. The molecule has 0 heterocycles. The third-order valence-electron chi connectivity index (χ3n) is 3.91. The van der Waals surface area contributed by atoms with E-state index in [0.717, 1.165) is 22.3 Å². The van der Waals surface area contributed by atoms with Gasteiger partial charge in [0.05, 0.1) is 12.7 Å². The molecule has 0 amide bonds. The number of hydrogen-bond acceptors (Lipinski definition) is 2. The van der Waals surface area contributed by atoms with E-state index in [4.69, 9.17) is 4.74 Å². The Kier molecular flexibility index (Phi) is 3.15. The number of allylic oxidation sites excluding steroid dienone is 1. The van der Waals surface area contributed by atoms with E-state index in [1.54, 1.807) is 0 Å². The van der Waals surface area contributed by atoms with Crippen molar-refractivity contribution in [3.8, 4) is 0 Å². The standard InChI is InChI=1S/C18H16O2/c1-12-14-10-6-7-11-15(14)17(16(12)18(19)20-2)13-8-4-3-5-9-13/h3-11,17H,1-2H3. The number of esters is 1. The van der Waals surface area contributed by atoms with Crippen LogP contribution in [0.15, 0.2) is 60.2 Å². The van der Waals surface area contributed by atoms with Crippen LogP contribution in [-0.4, -0.2) is 13.1 Å². The minimum absolute atomic E-state index is 0.0279. The summed E-state index contributed by atoms with van der Waals surface area (Å²) in [4.78, 5) is 12.2. The SMILES string of the molecule is COC(=O)C1=C(C)c2ccccc2C1c1ccccc1. The van der Waals surface area contributed by atoms with Crippen LogP contribution in [0, 0.1) is 0 Å². The molecule has 1 atom stereocenters. The van der Waals surface area contributed by atoms with Gasteiger partial charge in [-0.05, 0) is 29.2 Å². The van der Waals surface area contributed by atoms with Crippen molar-refractivity contribution < 1.29 is 9.53 Å². The van der Waals surface area contributed by atoms with E-state index in [1.165, 1.54) is 12.7 Å². The Hall–Kier alpha value is -2.35. The molecule has 2 heteroatoms. The van der Waals surface area contributed by atoms with Crippen LogP contribution in [0.5, 0.6) is 0 Å². The summed E-state index contributed by atoms with van der Waals surface area (Å²) >= 11 is 0. The van der Waals surface area contributed by atoms with Gasteiger partial charge in [-0.2, -0.15) is 0 Å². The molecule has 0 fully saturated rings. The maximum atomic E-state index is 12.2. The van der Waals surface area contributed by atoms with Crippen LogP contribution in [0.2, 0.25) is 0 Å². The fourth-order valence-corrected chi connectivity index (χ4v) is 2.98. The number of ether oxygens (including phenoxy) is 1. The van der Waals surface area contributed by atoms with Crippen molar-refractivity contribution >= 4 is 11.5 Å². The van der Waals surface area contributed by atoms with E-state index in [0.29, 0.717) is 0 Å². The number of fused-ring (bicyclic) bond motifs is 1. The summed E-state index contributed by atoms with van der Waals surface area (Å²) in [5.41, 5.74) is 5.21. The van der Waals surface area contributed by atoms with Crippen LogP contribution in [0.4, 0.5) is 0 Å². The first kappa shape index (κ1) is 12.7. The molecule has 1 aliphatic rings. The first-order valence-electron chi connectivity index (χ1n) is 6.67. The summed E-state index contributed by atoms with van der Waals surface area (Å²) in [5.74, 6) is -0.271. The molecule has 0 spiro atoms. The second-order valence-electron chi connectivity index (χ2n) is 4.96. The van der Waals surface area contributed by atoms with Gasteiger partial charge in [0.25, 0.3) is 0 Å². The van der Waals surface area contributed by atoms with Gasteiger partial charge in [0.1, 0.15) is 0 Å². The summed E-state index contributed by atoms with van der Waals surface area (Å²) < 4.78 is 4.99. The molecule has 0 aromatic heterocycles. The molecule has 0 aliphatic heterocycles. The summed E-state index contributed by atoms with van der Waals surface area (Å²) in [6, 6.07) is 18.3. The van der Waals surface area contributed by atoms with E-state index >= 15 is 0 Å². The first-order chi connectivity index (χ1) is 9.74. The lowest BCUT2D eigenvalue weighted by molar-refractivity contribution is -0.136. The molecule has 2 nitrogen and oxygen atoms in total. The Balaban J connectivity index is 2.22. The van der Waals surface area contributed by atoms with Crippen molar-refractivity contribution in [1.29, 1.82) is 0 Å². The Labute approximate surface area is 118 Å². The average molecular weight is 264 g/mol. The van der Waals surface area contributed by atoms with Crippen LogP contribution in [0.25, 0.3) is 5.57 Å². The van der Waals surface area contributed by atoms with Crippen molar-refractivity contribution in [2.45, 2.75) is 12.8 Å². The molecule has 0 radical (unpaired) electrons. The maximum absolute atomic E-state index is 12.2. The smallest absolute Gasteiger partial charge is 0.334 e. The zero-order valence-corrected chi connectivity index (χ0v) is 11.6. The number of methoxy groups -OCH3 is 1. The van der Waals surface area contributed by atoms with Crippen molar-refractivity contribution in [2.75, 3.05) is 7.11 Å². The van der Waals surface area contributed by atoms with Gasteiger partial charge in [-0.1, -0.05) is 54.6 Å². The van der Waals surface area contributed by atoms with Gasteiger partial charge < -0.3 is 4.74 Å². The third-order valence-corrected chi connectivity index (χ3v) is 3.91. The second-order valence-corrected chi connectivity index (χ2v) is 4.96. The maximum Gasteiger partial charge on any atom is 0.334 e. The normalized spacial score (nSPS) is 17.0. The Morgan fingerprint density at radius 1 is 1.00 bits per heavy atom. The molecule has 2 aromatic rings. The number of hydrogen-bond donors (Lipinski definition) is 0. The predicted octanol–water partition coefficient (Wildman–Crippen LogP) is 3.78. The van der Waals surface area contributed by atoms with Crippen LogP contribution in [0.1, 0.15) is 29.5 Å². The lowest BCUT2D eigenvalue weighted by Crippen LogP contribution is -2.12. The zero-order chi connectivity index (χ0) is 14.1. The van der Waals surface area contributed by atoms with Crippen molar-refractivity contribution in [3.63, 3.8) is 0 Å². The second kappa shape index (κ2) is 4.97. The number of benzene rings is 2. The van der Waals surface area contributed by atoms with Crippen LogP contribution in [0.3, 0.4) is 0 Å². The molecule has 1 unspecified atom stereocenters. The fraction of sp³-hybridized carbons (Fsp3) is 0.167. The number of rotatable bonds is 2. The molecule has 0 saturated carbocycles. The van der Waals surface area contributed by atoms with Crippen LogP contribution >= 0.6 is 0 Å². The lowest BCUT2D eigenvalue weighted by atomic mass is 9.88. The highest BCUT2D eigenvalue weighted by Crippen LogP contribution is 2.45. The molecule has 100 valence electrons. The highest BCUT2D eigenvalue weighted by atomic mass is 16.5. The van der Waals surface area contributed by atoms with E-state index < -0.39 is 0 Å². The van der Waals surface area contributed by atoms with Gasteiger partial charge in [-0.25, -0.2) is 4.79 Å². The minimum Gasteiger partial charge on any atom is -0.466 e. The zero-order valence-electron chi connectivity index (χ0n) is 11.6. The van der Waals surface area contributed by atoms with Gasteiger partial charge in [-0.15, -0.1) is 0 Å². The van der Waals surface area contributed by atoms with Crippen LogP contribution in [-0.2, 0) is 9.53 Å². The minimum atomic E-state index is -0.243. The average Bonchev–Trinajstić information content (AvgIpc) is 2.81. The molecular weight excluding hydrogens is 248 g/mol. The highest BCUT2D eigenvalue weighted by molar-refractivity contribution is 6.03. The molecule has 20 heavy (non-hydrogen) atoms. The van der Waals surface area contributed by atoms with Crippen LogP contribution < -0.4 is 0 Å². The fourth-order valence-electron chi connectivity index (χ4n) is 2.98.